The number of anilines is 2. The molecule has 9 nitrogen and oxygen atoms in total. The van der Waals surface area contributed by atoms with E-state index in [0.717, 1.165) is 6.07 Å². The van der Waals surface area contributed by atoms with E-state index in [9.17, 15) is 14.0 Å². The summed E-state index contributed by atoms with van der Waals surface area (Å²) in [5.74, 6) is 4.85. The lowest BCUT2D eigenvalue weighted by Gasteiger charge is -2.24. The van der Waals surface area contributed by atoms with Gasteiger partial charge in [0.2, 0.25) is 0 Å². The number of carbonyl (C=O) groups is 2. The molecule has 0 atom stereocenters. The molecule has 3 rings (SSSR count). The summed E-state index contributed by atoms with van der Waals surface area (Å²) in [5, 5.41) is 0. The summed E-state index contributed by atoms with van der Waals surface area (Å²) in [7, 11) is 3.26. The van der Waals surface area contributed by atoms with Crippen molar-refractivity contribution in [2.45, 2.75) is 33.3 Å². The Labute approximate surface area is 190 Å². The van der Waals surface area contributed by atoms with Crippen molar-refractivity contribution in [3.63, 3.8) is 0 Å². The molecule has 0 saturated carbocycles. The summed E-state index contributed by atoms with van der Waals surface area (Å²) in [6.45, 7) is 6.50. The number of halogens is 1. The Bertz CT molecular complexity index is 1310. The van der Waals surface area contributed by atoms with E-state index in [1.165, 1.54) is 31.0 Å². The van der Waals surface area contributed by atoms with Crippen LogP contribution in [0.4, 0.5) is 20.8 Å². The fourth-order valence-corrected chi connectivity index (χ4v) is 3.00. The van der Waals surface area contributed by atoms with Crippen LogP contribution >= 0.6 is 0 Å². The largest absolute Gasteiger partial charge is 0.443 e. The van der Waals surface area contributed by atoms with Gasteiger partial charge in [-0.25, -0.2) is 19.2 Å². The first-order valence-electron chi connectivity index (χ1n) is 9.94. The first-order valence-corrected chi connectivity index (χ1v) is 9.94. The molecule has 2 N–H and O–H groups in total. The van der Waals surface area contributed by atoms with Gasteiger partial charge in [-0.05, 0) is 32.9 Å². The van der Waals surface area contributed by atoms with Crippen LogP contribution < -0.4 is 15.4 Å². The average molecular weight is 453 g/mol. The lowest BCUT2D eigenvalue weighted by atomic mass is 10.1. The van der Waals surface area contributed by atoms with E-state index >= 15 is 0 Å². The monoisotopic (exact) mass is 453 g/mol. The van der Waals surface area contributed by atoms with Crippen molar-refractivity contribution >= 4 is 34.7 Å². The highest BCUT2D eigenvalue weighted by Crippen LogP contribution is 2.30. The minimum Gasteiger partial charge on any atom is -0.443 e. The molecule has 0 aliphatic heterocycles. The van der Waals surface area contributed by atoms with Gasteiger partial charge in [0.1, 0.15) is 28.5 Å². The van der Waals surface area contributed by atoms with Crippen molar-refractivity contribution in [3.05, 3.63) is 41.5 Å². The fraction of sp³-hybridized carbons (Fsp3) is 0.304. The van der Waals surface area contributed by atoms with E-state index in [2.05, 4.69) is 21.8 Å². The van der Waals surface area contributed by atoms with Crippen LogP contribution in [-0.4, -0.2) is 39.2 Å². The van der Waals surface area contributed by atoms with Crippen molar-refractivity contribution in [3.8, 4) is 17.6 Å². The molecule has 0 aliphatic rings. The Morgan fingerprint density at radius 3 is 2.55 bits per heavy atom. The number of nitrogen functional groups attached to an aromatic ring is 1. The molecule has 172 valence electrons. The van der Waals surface area contributed by atoms with Gasteiger partial charge in [0.25, 0.3) is 0 Å². The third kappa shape index (κ3) is 5.38. The molecule has 0 saturated heterocycles. The Hall–Kier alpha value is -4.13. The van der Waals surface area contributed by atoms with Gasteiger partial charge in [0, 0.05) is 32.6 Å². The summed E-state index contributed by atoms with van der Waals surface area (Å²) >= 11 is 0. The predicted molar refractivity (Wildman–Crippen MR) is 121 cm³/mol. The second-order valence-electron chi connectivity index (χ2n) is 8.31. The summed E-state index contributed by atoms with van der Waals surface area (Å²) in [5.41, 5.74) is 7.06. The Morgan fingerprint density at radius 1 is 1.21 bits per heavy atom. The molecule has 2 aromatic heterocycles. The Kier molecular flexibility index (Phi) is 6.26. The molecule has 0 radical (unpaired) electrons. The zero-order chi connectivity index (χ0) is 24.5. The highest BCUT2D eigenvalue weighted by atomic mass is 19.1. The maximum absolute atomic E-state index is 13.9. The number of benzene rings is 1. The molecule has 1 aromatic carbocycles. The standard InChI is InChI=1S/C23H24FN5O4/c1-13(30)32-16-10-14(9-15(24)11-16)7-8-17-19-18(26-12-28(19)5)21(27-20(17)25)29(6)22(31)33-23(2,3)4/h9-12H,1-6H3,(H2,25,27). The Morgan fingerprint density at radius 2 is 1.91 bits per heavy atom. The number of pyridine rings is 1. The maximum Gasteiger partial charge on any atom is 0.415 e. The Balaban J connectivity index is 2.08. The van der Waals surface area contributed by atoms with Gasteiger partial charge in [0.15, 0.2) is 5.82 Å². The van der Waals surface area contributed by atoms with Crippen LogP contribution in [0.2, 0.25) is 0 Å². The van der Waals surface area contributed by atoms with Gasteiger partial charge in [-0.3, -0.25) is 9.69 Å². The van der Waals surface area contributed by atoms with Crippen LogP contribution in [-0.2, 0) is 16.6 Å². The van der Waals surface area contributed by atoms with Gasteiger partial charge in [-0.1, -0.05) is 11.8 Å². The van der Waals surface area contributed by atoms with E-state index in [-0.39, 0.29) is 22.9 Å². The normalized spacial score (nSPS) is 11.0. The average Bonchev–Trinajstić information content (AvgIpc) is 3.05. The van der Waals surface area contributed by atoms with Crippen molar-refractivity contribution < 1.29 is 23.5 Å². The third-order valence-corrected chi connectivity index (χ3v) is 4.32. The summed E-state index contributed by atoms with van der Waals surface area (Å²) < 4.78 is 26.0. The van der Waals surface area contributed by atoms with Gasteiger partial charge in [-0.2, -0.15) is 0 Å². The first-order chi connectivity index (χ1) is 15.4. The van der Waals surface area contributed by atoms with Crippen LogP contribution in [0.25, 0.3) is 11.0 Å². The van der Waals surface area contributed by atoms with Crippen molar-refractivity contribution in [2.24, 2.45) is 7.05 Å². The van der Waals surface area contributed by atoms with Gasteiger partial charge in [-0.15, -0.1) is 0 Å². The highest BCUT2D eigenvalue weighted by molar-refractivity contribution is 6.00. The number of nitrogens with zero attached hydrogens (tertiary/aromatic N) is 4. The minimum absolute atomic E-state index is 0.0397. The number of hydrogen-bond donors (Lipinski definition) is 1. The number of amides is 1. The second-order valence-corrected chi connectivity index (χ2v) is 8.31. The van der Waals surface area contributed by atoms with E-state index in [0.29, 0.717) is 16.6 Å². The van der Waals surface area contributed by atoms with Crippen molar-refractivity contribution in [2.75, 3.05) is 17.7 Å². The molecule has 2 heterocycles. The minimum atomic E-state index is -0.693. The number of fused-ring (bicyclic) bond motifs is 1. The van der Waals surface area contributed by atoms with Crippen molar-refractivity contribution in [1.82, 2.24) is 14.5 Å². The fourth-order valence-electron chi connectivity index (χ4n) is 3.00. The molecule has 10 heteroatoms. The molecular formula is C23H24FN5O4. The molecule has 0 aliphatic carbocycles. The summed E-state index contributed by atoms with van der Waals surface area (Å²) in [4.78, 5) is 33.6. The van der Waals surface area contributed by atoms with Crippen LogP contribution in [0.15, 0.2) is 24.5 Å². The molecule has 0 bridgehead atoms. The SMILES string of the molecule is CC(=O)Oc1cc(F)cc(C#Cc2c(N)nc(N(C)C(=O)OC(C)(C)C)c3ncn(C)c23)c1. The molecular weight excluding hydrogens is 429 g/mol. The number of carbonyl (C=O) groups excluding carboxylic acids is 2. The molecule has 0 unspecified atom stereocenters. The molecule has 0 fully saturated rings. The van der Waals surface area contributed by atoms with Gasteiger partial charge >= 0.3 is 12.1 Å². The van der Waals surface area contributed by atoms with Gasteiger partial charge in [0.05, 0.1) is 17.4 Å². The van der Waals surface area contributed by atoms with Crippen LogP contribution in [0.5, 0.6) is 5.75 Å². The maximum atomic E-state index is 13.9. The van der Waals surface area contributed by atoms with E-state index in [4.69, 9.17) is 15.2 Å². The zero-order valence-electron chi connectivity index (χ0n) is 19.2. The van der Waals surface area contributed by atoms with Crippen LogP contribution in [0, 0.1) is 17.7 Å². The topological polar surface area (TPSA) is 113 Å². The second kappa shape index (κ2) is 8.78. The number of imidazole rings is 1. The number of aromatic nitrogens is 3. The number of rotatable bonds is 2. The van der Waals surface area contributed by atoms with E-state index < -0.39 is 23.5 Å². The molecule has 1 amide bonds. The quantitative estimate of drug-likeness (QED) is 0.360. The predicted octanol–water partition coefficient (Wildman–Crippen LogP) is 3.39. The summed E-state index contributed by atoms with van der Waals surface area (Å²) in [6.07, 6.45) is 0.933. The highest BCUT2D eigenvalue weighted by Gasteiger charge is 2.25. The van der Waals surface area contributed by atoms with Gasteiger partial charge < -0.3 is 19.8 Å². The third-order valence-electron chi connectivity index (χ3n) is 4.32. The van der Waals surface area contributed by atoms with E-state index in [1.807, 2.05) is 0 Å². The zero-order valence-corrected chi connectivity index (χ0v) is 19.2. The molecule has 3 aromatic rings. The number of esters is 1. The smallest absolute Gasteiger partial charge is 0.415 e. The first kappa shape index (κ1) is 23.5. The van der Waals surface area contributed by atoms with Crippen LogP contribution in [0.1, 0.15) is 38.8 Å². The number of ether oxygens (including phenoxy) is 2. The summed E-state index contributed by atoms with van der Waals surface area (Å²) in [6, 6.07) is 3.73. The lowest BCUT2D eigenvalue weighted by Crippen LogP contribution is -2.34. The number of aryl methyl sites for hydroxylation is 1. The van der Waals surface area contributed by atoms with Crippen molar-refractivity contribution in [1.29, 1.82) is 0 Å². The number of hydrogen-bond acceptors (Lipinski definition) is 7. The van der Waals surface area contributed by atoms with E-state index in [1.54, 1.807) is 38.7 Å². The number of nitrogens with two attached hydrogens (primary N) is 1. The molecule has 0 spiro atoms. The molecule has 33 heavy (non-hydrogen) atoms. The van der Waals surface area contributed by atoms with Crippen LogP contribution in [0.3, 0.4) is 0 Å². The lowest BCUT2D eigenvalue weighted by molar-refractivity contribution is -0.131.